The summed E-state index contributed by atoms with van der Waals surface area (Å²) in [6, 6.07) is 8.09. The molecule has 1 N–H and O–H groups in total. The number of benzene rings is 1. The standard InChI is InChI=1S/C22H31N5O3/c1-3-26-11-8-16(15-26)14-23-21(28)18-9-12-27(13-10-18)22-24-20(25-30-22)17-4-6-19(29-2)7-5-17/h4-7,16,18H,3,8-15H2,1-2H3,(H,23,28). The van der Waals surface area contributed by atoms with Crippen molar-refractivity contribution in [1.82, 2.24) is 20.4 Å². The number of rotatable bonds is 7. The Labute approximate surface area is 177 Å². The molecule has 1 amide bonds. The molecule has 30 heavy (non-hydrogen) atoms. The quantitative estimate of drug-likeness (QED) is 0.746. The van der Waals surface area contributed by atoms with Gasteiger partial charge in [0.15, 0.2) is 0 Å². The SMILES string of the molecule is CCN1CCC(CNC(=O)C2CCN(c3nc(-c4ccc(OC)cc4)no3)CC2)C1. The Morgan fingerprint density at radius 1 is 1.20 bits per heavy atom. The summed E-state index contributed by atoms with van der Waals surface area (Å²) in [6.45, 7) is 7.83. The van der Waals surface area contributed by atoms with Crippen LogP contribution < -0.4 is 15.0 Å². The largest absolute Gasteiger partial charge is 0.497 e. The smallest absolute Gasteiger partial charge is 0.324 e. The van der Waals surface area contributed by atoms with E-state index in [-0.39, 0.29) is 11.8 Å². The minimum absolute atomic E-state index is 0.0638. The Hall–Kier alpha value is -2.61. The lowest BCUT2D eigenvalue weighted by Crippen LogP contribution is -2.42. The number of methoxy groups -OCH3 is 1. The zero-order valence-corrected chi connectivity index (χ0v) is 17.8. The lowest BCUT2D eigenvalue weighted by Gasteiger charge is -2.30. The van der Waals surface area contributed by atoms with Crippen LogP contribution in [0.2, 0.25) is 0 Å². The van der Waals surface area contributed by atoms with E-state index in [1.54, 1.807) is 7.11 Å². The number of aromatic nitrogens is 2. The van der Waals surface area contributed by atoms with Crippen molar-refractivity contribution in [1.29, 1.82) is 0 Å². The van der Waals surface area contributed by atoms with Gasteiger partial charge in [-0.15, -0.1) is 0 Å². The summed E-state index contributed by atoms with van der Waals surface area (Å²) in [5.41, 5.74) is 0.883. The van der Waals surface area contributed by atoms with Gasteiger partial charge in [0.1, 0.15) is 5.75 Å². The van der Waals surface area contributed by atoms with E-state index in [1.807, 2.05) is 24.3 Å². The lowest BCUT2D eigenvalue weighted by molar-refractivity contribution is -0.125. The highest BCUT2D eigenvalue weighted by atomic mass is 16.5. The number of hydrogen-bond donors (Lipinski definition) is 1. The summed E-state index contributed by atoms with van der Waals surface area (Å²) in [5, 5.41) is 7.29. The minimum Gasteiger partial charge on any atom is -0.497 e. The summed E-state index contributed by atoms with van der Waals surface area (Å²) in [4.78, 5) is 21.6. The summed E-state index contributed by atoms with van der Waals surface area (Å²) < 4.78 is 10.7. The molecule has 0 spiro atoms. The molecule has 2 aliphatic rings. The number of ether oxygens (including phenoxy) is 1. The van der Waals surface area contributed by atoms with Crippen molar-refractivity contribution < 1.29 is 14.1 Å². The van der Waals surface area contributed by atoms with Gasteiger partial charge in [0.2, 0.25) is 11.7 Å². The highest BCUT2D eigenvalue weighted by molar-refractivity contribution is 5.79. The number of anilines is 1. The molecule has 0 bridgehead atoms. The van der Waals surface area contributed by atoms with E-state index in [9.17, 15) is 4.79 Å². The van der Waals surface area contributed by atoms with E-state index >= 15 is 0 Å². The van der Waals surface area contributed by atoms with Gasteiger partial charge in [-0.3, -0.25) is 4.79 Å². The molecule has 0 aliphatic carbocycles. The molecular weight excluding hydrogens is 382 g/mol. The minimum atomic E-state index is 0.0638. The number of nitrogens with one attached hydrogen (secondary N) is 1. The first-order valence-corrected chi connectivity index (χ1v) is 10.9. The van der Waals surface area contributed by atoms with Crippen LogP contribution in [-0.2, 0) is 4.79 Å². The first-order valence-electron chi connectivity index (χ1n) is 10.9. The van der Waals surface area contributed by atoms with Gasteiger partial charge in [-0.25, -0.2) is 0 Å². The molecule has 1 unspecified atom stereocenters. The molecule has 3 heterocycles. The molecule has 162 valence electrons. The Bertz CT molecular complexity index is 830. The van der Waals surface area contributed by atoms with Crippen LogP contribution >= 0.6 is 0 Å². The Balaban J connectivity index is 1.25. The molecule has 2 fully saturated rings. The predicted molar refractivity (Wildman–Crippen MR) is 114 cm³/mol. The number of amides is 1. The molecule has 2 aliphatic heterocycles. The molecule has 2 aromatic rings. The average Bonchev–Trinajstić information content (AvgIpc) is 3.47. The van der Waals surface area contributed by atoms with Crippen molar-refractivity contribution in [3.8, 4) is 17.1 Å². The second-order valence-electron chi connectivity index (χ2n) is 8.18. The van der Waals surface area contributed by atoms with E-state index in [0.29, 0.717) is 17.8 Å². The lowest BCUT2D eigenvalue weighted by atomic mass is 9.96. The van der Waals surface area contributed by atoms with Crippen LogP contribution in [0.1, 0.15) is 26.2 Å². The van der Waals surface area contributed by atoms with Gasteiger partial charge in [-0.05, 0) is 62.5 Å². The van der Waals surface area contributed by atoms with Gasteiger partial charge in [0, 0.05) is 37.7 Å². The van der Waals surface area contributed by atoms with E-state index in [0.717, 1.165) is 63.4 Å². The van der Waals surface area contributed by atoms with Gasteiger partial charge < -0.3 is 24.4 Å². The fourth-order valence-electron chi connectivity index (χ4n) is 4.29. The maximum atomic E-state index is 12.6. The van der Waals surface area contributed by atoms with Gasteiger partial charge in [0.25, 0.3) is 0 Å². The third-order valence-corrected chi connectivity index (χ3v) is 6.28. The highest BCUT2D eigenvalue weighted by Gasteiger charge is 2.28. The summed E-state index contributed by atoms with van der Waals surface area (Å²) in [6.07, 6.45) is 2.79. The zero-order valence-electron chi connectivity index (χ0n) is 17.8. The molecule has 8 nitrogen and oxygen atoms in total. The number of carbonyl (C=O) groups excluding carboxylic acids is 1. The molecule has 8 heteroatoms. The Kier molecular flexibility index (Phi) is 6.52. The first kappa shape index (κ1) is 20.7. The maximum absolute atomic E-state index is 12.6. The van der Waals surface area contributed by atoms with Crippen LogP contribution in [0.5, 0.6) is 5.75 Å². The van der Waals surface area contributed by atoms with Crippen molar-refractivity contribution in [2.45, 2.75) is 26.2 Å². The number of hydrogen-bond acceptors (Lipinski definition) is 7. The van der Waals surface area contributed by atoms with Crippen molar-refractivity contribution in [2.75, 3.05) is 51.3 Å². The molecule has 1 aromatic heterocycles. The van der Waals surface area contributed by atoms with E-state index in [1.165, 1.54) is 6.42 Å². The van der Waals surface area contributed by atoms with Crippen LogP contribution in [0, 0.1) is 11.8 Å². The Morgan fingerprint density at radius 2 is 1.97 bits per heavy atom. The van der Waals surface area contributed by atoms with Gasteiger partial charge in [0.05, 0.1) is 7.11 Å². The van der Waals surface area contributed by atoms with Crippen molar-refractivity contribution in [2.24, 2.45) is 11.8 Å². The van der Waals surface area contributed by atoms with E-state index in [2.05, 4.69) is 32.2 Å². The van der Waals surface area contributed by atoms with Gasteiger partial charge >= 0.3 is 6.01 Å². The summed E-state index contributed by atoms with van der Waals surface area (Å²) >= 11 is 0. The van der Waals surface area contributed by atoms with Crippen molar-refractivity contribution >= 4 is 11.9 Å². The fourth-order valence-corrected chi connectivity index (χ4v) is 4.29. The monoisotopic (exact) mass is 413 g/mol. The average molecular weight is 414 g/mol. The van der Waals surface area contributed by atoms with E-state index < -0.39 is 0 Å². The molecule has 0 saturated carbocycles. The third kappa shape index (κ3) is 4.75. The van der Waals surface area contributed by atoms with Crippen LogP contribution in [0.25, 0.3) is 11.4 Å². The van der Waals surface area contributed by atoms with Crippen molar-refractivity contribution in [3.05, 3.63) is 24.3 Å². The second-order valence-corrected chi connectivity index (χ2v) is 8.18. The molecule has 1 atom stereocenters. The molecule has 0 radical (unpaired) electrons. The topological polar surface area (TPSA) is 83.7 Å². The van der Waals surface area contributed by atoms with Gasteiger partial charge in [-0.1, -0.05) is 12.1 Å². The van der Waals surface area contributed by atoms with Crippen LogP contribution in [0.3, 0.4) is 0 Å². The second kappa shape index (κ2) is 9.47. The molecule has 2 saturated heterocycles. The number of likely N-dealkylation sites (tertiary alicyclic amines) is 1. The maximum Gasteiger partial charge on any atom is 0.324 e. The van der Waals surface area contributed by atoms with Crippen LogP contribution in [0.15, 0.2) is 28.8 Å². The fraction of sp³-hybridized carbons (Fsp3) is 0.591. The third-order valence-electron chi connectivity index (χ3n) is 6.28. The normalized spacial score (nSPS) is 20.5. The molecule has 1 aromatic carbocycles. The number of piperidine rings is 1. The first-order chi connectivity index (χ1) is 14.7. The van der Waals surface area contributed by atoms with Gasteiger partial charge in [-0.2, -0.15) is 4.98 Å². The Morgan fingerprint density at radius 3 is 2.63 bits per heavy atom. The van der Waals surface area contributed by atoms with Crippen LogP contribution in [-0.4, -0.2) is 67.3 Å². The van der Waals surface area contributed by atoms with Crippen LogP contribution in [0.4, 0.5) is 6.01 Å². The number of nitrogens with zero attached hydrogens (tertiary/aromatic N) is 4. The number of carbonyl (C=O) groups is 1. The molecular formula is C22H31N5O3. The van der Waals surface area contributed by atoms with E-state index in [4.69, 9.17) is 9.26 Å². The predicted octanol–water partition coefficient (Wildman–Crippen LogP) is 2.42. The molecule has 4 rings (SSSR count). The zero-order chi connectivity index (χ0) is 20.9. The summed E-state index contributed by atoms with van der Waals surface area (Å²) in [7, 11) is 1.64. The highest BCUT2D eigenvalue weighted by Crippen LogP contribution is 2.26. The summed E-state index contributed by atoms with van der Waals surface area (Å²) in [5.74, 6) is 2.19. The van der Waals surface area contributed by atoms with Crippen molar-refractivity contribution in [3.63, 3.8) is 0 Å².